The summed E-state index contributed by atoms with van der Waals surface area (Å²) in [6, 6.07) is 9.65. The molecule has 6 nitrogen and oxygen atoms in total. The highest BCUT2D eigenvalue weighted by molar-refractivity contribution is 5.95. The summed E-state index contributed by atoms with van der Waals surface area (Å²) in [5.41, 5.74) is 2.25. The number of aliphatic hydroxyl groups is 1. The highest BCUT2D eigenvalue weighted by Gasteiger charge is 2.14. The van der Waals surface area contributed by atoms with Crippen molar-refractivity contribution in [1.82, 2.24) is 15.1 Å². The summed E-state index contributed by atoms with van der Waals surface area (Å²) in [7, 11) is 0. The molecule has 2 N–H and O–H groups in total. The van der Waals surface area contributed by atoms with Crippen LogP contribution in [0.25, 0.3) is 5.69 Å². The van der Waals surface area contributed by atoms with E-state index >= 15 is 0 Å². The topological polar surface area (TPSA) is 76.4 Å². The van der Waals surface area contributed by atoms with Gasteiger partial charge in [0.1, 0.15) is 0 Å². The van der Waals surface area contributed by atoms with Gasteiger partial charge in [0.2, 0.25) is 0 Å². The fourth-order valence-electron chi connectivity index (χ4n) is 1.96. The lowest BCUT2D eigenvalue weighted by Gasteiger charge is -2.06. The van der Waals surface area contributed by atoms with Crippen LogP contribution in [-0.4, -0.2) is 47.2 Å². The molecule has 2 rings (SSSR count). The average Bonchev–Trinajstić information content (AvgIpc) is 2.89. The highest BCUT2D eigenvalue weighted by atomic mass is 16.5. The Labute approximate surface area is 123 Å². The van der Waals surface area contributed by atoms with Crippen LogP contribution in [0.4, 0.5) is 0 Å². The number of amides is 1. The molecule has 0 radical (unpaired) electrons. The fraction of sp³-hybridized carbons (Fsp3) is 0.333. The molecule has 2 aromatic rings. The van der Waals surface area contributed by atoms with Gasteiger partial charge in [-0.1, -0.05) is 18.2 Å². The molecule has 1 amide bonds. The first-order chi connectivity index (χ1) is 10.2. The molecule has 0 saturated heterocycles. The average molecular weight is 289 g/mol. The number of nitrogens with one attached hydrogen (secondary N) is 1. The van der Waals surface area contributed by atoms with Gasteiger partial charge in [0.05, 0.1) is 43.0 Å². The molecule has 1 aromatic carbocycles. The minimum atomic E-state index is -0.178. The van der Waals surface area contributed by atoms with Crippen molar-refractivity contribution in [1.29, 1.82) is 0 Å². The molecule has 0 spiro atoms. The lowest BCUT2D eigenvalue weighted by molar-refractivity contribution is 0.0837. The molecule has 112 valence electrons. The van der Waals surface area contributed by atoms with Crippen LogP contribution in [0, 0.1) is 6.92 Å². The van der Waals surface area contributed by atoms with Crippen molar-refractivity contribution >= 4 is 5.91 Å². The predicted molar refractivity (Wildman–Crippen MR) is 78.5 cm³/mol. The standard InChI is InChI=1S/C15H19N3O3/c1-12-14(15(20)16-7-9-21-10-8-19)11-17-18(12)13-5-3-2-4-6-13/h2-6,11,19H,7-10H2,1H3,(H,16,20). The maximum absolute atomic E-state index is 12.1. The molecule has 0 aliphatic carbocycles. The molecule has 1 heterocycles. The van der Waals surface area contributed by atoms with E-state index in [9.17, 15) is 4.79 Å². The van der Waals surface area contributed by atoms with E-state index < -0.39 is 0 Å². The molecule has 0 atom stereocenters. The van der Waals surface area contributed by atoms with Gasteiger partial charge >= 0.3 is 0 Å². The Bertz CT molecular complexity index is 581. The highest BCUT2D eigenvalue weighted by Crippen LogP contribution is 2.13. The van der Waals surface area contributed by atoms with E-state index in [-0.39, 0.29) is 19.1 Å². The lowest BCUT2D eigenvalue weighted by atomic mass is 10.2. The number of carbonyl (C=O) groups is 1. The summed E-state index contributed by atoms with van der Waals surface area (Å²) < 4.78 is 6.82. The van der Waals surface area contributed by atoms with E-state index in [0.29, 0.717) is 18.7 Å². The summed E-state index contributed by atoms with van der Waals surface area (Å²) in [5, 5.41) is 15.6. The molecule has 0 aliphatic heterocycles. The molecule has 0 unspecified atom stereocenters. The van der Waals surface area contributed by atoms with Crippen molar-refractivity contribution in [2.45, 2.75) is 6.92 Å². The number of para-hydroxylation sites is 1. The zero-order valence-corrected chi connectivity index (χ0v) is 12.0. The first-order valence-corrected chi connectivity index (χ1v) is 6.81. The van der Waals surface area contributed by atoms with Crippen LogP contribution in [0.15, 0.2) is 36.5 Å². The molecular weight excluding hydrogens is 270 g/mol. The molecule has 1 aromatic heterocycles. The maximum atomic E-state index is 12.1. The van der Waals surface area contributed by atoms with Crippen molar-refractivity contribution in [3.8, 4) is 5.69 Å². The monoisotopic (exact) mass is 289 g/mol. The Balaban J connectivity index is 1.98. The van der Waals surface area contributed by atoms with Crippen LogP contribution in [0.1, 0.15) is 16.1 Å². The largest absolute Gasteiger partial charge is 0.394 e. The molecule has 0 aliphatic rings. The molecule has 0 bridgehead atoms. The van der Waals surface area contributed by atoms with Gasteiger partial charge in [-0.25, -0.2) is 4.68 Å². The summed E-state index contributed by atoms with van der Waals surface area (Å²) in [5.74, 6) is -0.178. The zero-order chi connectivity index (χ0) is 15.1. The smallest absolute Gasteiger partial charge is 0.254 e. The minimum absolute atomic E-state index is 0.0170. The zero-order valence-electron chi connectivity index (χ0n) is 12.0. The van der Waals surface area contributed by atoms with Gasteiger partial charge in [-0.3, -0.25) is 4.79 Å². The van der Waals surface area contributed by atoms with Crippen LogP contribution >= 0.6 is 0 Å². The Hall–Kier alpha value is -2.18. The van der Waals surface area contributed by atoms with E-state index in [1.54, 1.807) is 10.9 Å². The third-order valence-electron chi connectivity index (χ3n) is 3.02. The van der Waals surface area contributed by atoms with Crippen LogP contribution in [-0.2, 0) is 4.74 Å². The van der Waals surface area contributed by atoms with Gasteiger partial charge in [0.15, 0.2) is 0 Å². The SMILES string of the molecule is Cc1c(C(=O)NCCOCCO)cnn1-c1ccccc1. The van der Waals surface area contributed by atoms with E-state index in [1.807, 2.05) is 37.3 Å². The van der Waals surface area contributed by atoms with Crippen LogP contribution in [0.2, 0.25) is 0 Å². The molecular formula is C15H19N3O3. The van der Waals surface area contributed by atoms with Crippen molar-refractivity contribution < 1.29 is 14.6 Å². The van der Waals surface area contributed by atoms with Gasteiger partial charge < -0.3 is 15.2 Å². The number of aliphatic hydroxyl groups excluding tert-OH is 1. The van der Waals surface area contributed by atoms with Gasteiger partial charge in [0.25, 0.3) is 5.91 Å². The fourth-order valence-corrected chi connectivity index (χ4v) is 1.96. The van der Waals surface area contributed by atoms with Gasteiger partial charge in [0, 0.05) is 6.54 Å². The summed E-state index contributed by atoms with van der Waals surface area (Å²) >= 11 is 0. The van der Waals surface area contributed by atoms with Crippen LogP contribution in [0.3, 0.4) is 0 Å². The van der Waals surface area contributed by atoms with Crippen LogP contribution in [0.5, 0.6) is 0 Å². The van der Waals surface area contributed by atoms with E-state index in [4.69, 9.17) is 9.84 Å². The minimum Gasteiger partial charge on any atom is -0.394 e. The van der Waals surface area contributed by atoms with Gasteiger partial charge in [-0.15, -0.1) is 0 Å². The number of aromatic nitrogens is 2. The number of nitrogens with zero attached hydrogens (tertiary/aromatic N) is 2. The van der Waals surface area contributed by atoms with E-state index in [1.165, 1.54) is 0 Å². The van der Waals surface area contributed by atoms with E-state index in [2.05, 4.69) is 10.4 Å². The Kier molecular flexibility index (Phi) is 5.48. The summed E-state index contributed by atoms with van der Waals surface area (Å²) in [4.78, 5) is 12.1. The third kappa shape index (κ3) is 3.90. The number of hydrogen-bond acceptors (Lipinski definition) is 4. The summed E-state index contributed by atoms with van der Waals surface area (Å²) in [6.07, 6.45) is 1.56. The van der Waals surface area contributed by atoms with Crippen LogP contribution < -0.4 is 5.32 Å². The summed E-state index contributed by atoms with van der Waals surface area (Å²) in [6.45, 7) is 2.89. The van der Waals surface area contributed by atoms with Gasteiger partial charge in [-0.05, 0) is 19.1 Å². The predicted octanol–water partition coefficient (Wildman–Crippen LogP) is 0.919. The van der Waals surface area contributed by atoms with E-state index in [0.717, 1.165) is 11.4 Å². The maximum Gasteiger partial charge on any atom is 0.254 e. The van der Waals surface area contributed by atoms with Crippen molar-refractivity contribution in [2.75, 3.05) is 26.4 Å². The second-order valence-electron chi connectivity index (χ2n) is 4.48. The number of ether oxygens (including phenoxy) is 1. The Morgan fingerprint density at radius 2 is 2.10 bits per heavy atom. The number of benzene rings is 1. The normalized spacial score (nSPS) is 10.6. The van der Waals surface area contributed by atoms with Gasteiger partial charge in [-0.2, -0.15) is 5.10 Å². The molecule has 0 saturated carbocycles. The number of hydrogen-bond donors (Lipinski definition) is 2. The number of rotatable bonds is 7. The van der Waals surface area contributed by atoms with Crippen molar-refractivity contribution in [2.24, 2.45) is 0 Å². The quantitative estimate of drug-likeness (QED) is 0.743. The van der Waals surface area contributed by atoms with Crippen molar-refractivity contribution in [3.63, 3.8) is 0 Å². The molecule has 0 fully saturated rings. The molecule has 21 heavy (non-hydrogen) atoms. The lowest BCUT2D eigenvalue weighted by Crippen LogP contribution is -2.28. The number of carbonyl (C=O) groups excluding carboxylic acids is 1. The first-order valence-electron chi connectivity index (χ1n) is 6.81. The Morgan fingerprint density at radius 3 is 2.81 bits per heavy atom. The third-order valence-corrected chi connectivity index (χ3v) is 3.02. The second kappa shape index (κ2) is 7.56. The second-order valence-corrected chi connectivity index (χ2v) is 4.48. The van der Waals surface area contributed by atoms with Crippen molar-refractivity contribution in [3.05, 3.63) is 47.8 Å². The first kappa shape index (κ1) is 15.2. The Morgan fingerprint density at radius 1 is 1.33 bits per heavy atom. The molecule has 6 heteroatoms.